The lowest BCUT2D eigenvalue weighted by molar-refractivity contribution is -0.260. The number of nitrogens with two attached hydrogens (primary N) is 1. The van der Waals surface area contributed by atoms with Crippen LogP contribution in [0.5, 0.6) is 0 Å². The topological polar surface area (TPSA) is 241 Å². The van der Waals surface area contributed by atoms with E-state index in [2.05, 4.69) is 39.4 Å². The summed E-state index contributed by atoms with van der Waals surface area (Å²) in [5.74, 6) is 0.473. The molecule has 4 atom stereocenters. The maximum absolute atomic E-state index is 12.4. The number of imidazole rings is 1. The first-order chi connectivity index (χ1) is 22.9. The predicted octanol–water partition coefficient (Wildman–Crippen LogP) is -0.0400. The first-order valence-electron chi connectivity index (χ1n) is 15.1. The summed E-state index contributed by atoms with van der Waals surface area (Å²) in [6.45, 7) is 5.77. The molecule has 0 spiro atoms. The zero-order valence-corrected chi connectivity index (χ0v) is 27.6. The number of hydrogen-bond donors (Lipinski definition) is 4. The molecular formula is C26H47N6O14P. The molecule has 0 amide bonds. The molecule has 270 valence electrons. The Morgan fingerprint density at radius 3 is 2.00 bits per heavy atom. The standard InChI is InChI=1S/C26H47N6O14P/c1-36-45-47(35,46-37-2)43-17-20-22(33)23(34)26(44-20)32-19-31-21-24(29-18-30-25(21)32)28-6-4-8-39-10-12-41-14-16-42-15-13-40-11-9-38-7-3-5-27/h18-20,22-23,26,33-34H,3-17,27H2,1-2H3,(H,28,29,30). The van der Waals surface area contributed by atoms with Gasteiger partial charge in [-0.15, -0.1) is 9.35 Å². The highest BCUT2D eigenvalue weighted by atomic mass is 31.2. The van der Waals surface area contributed by atoms with Crippen LogP contribution in [0.15, 0.2) is 12.7 Å². The number of hydrogen-bond acceptors (Lipinski definition) is 19. The van der Waals surface area contributed by atoms with E-state index in [1.54, 1.807) is 0 Å². The fourth-order valence-corrected chi connectivity index (χ4v) is 5.02. The van der Waals surface area contributed by atoms with E-state index in [9.17, 15) is 14.8 Å². The van der Waals surface area contributed by atoms with Crippen molar-refractivity contribution in [1.29, 1.82) is 0 Å². The van der Waals surface area contributed by atoms with Gasteiger partial charge in [-0.3, -0.25) is 9.09 Å². The van der Waals surface area contributed by atoms with E-state index in [4.69, 9.17) is 38.7 Å². The maximum atomic E-state index is 12.4. The Morgan fingerprint density at radius 2 is 1.43 bits per heavy atom. The molecule has 2 aromatic rings. The molecule has 2 aromatic heterocycles. The SMILES string of the molecule is COOP(=O)(OCC1OC(n2cnc3c(NCCCOCCOCCOCCOCCOCCCN)ncnc32)C(O)C1O)OOC. The molecule has 20 nitrogen and oxygen atoms in total. The second kappa shape index (κ2) is 22.6. The molecule has 0 aromatic carbocycles. The Kier molecular flexibility index (Phi) is 19.0. The van der Waals surface area contributed by atoms with Gasteiger partial charge in [-0.05, 0) is 19.4 Å². The van der Waals surface area contributed by atoms with Gasteiger partial charge in [0.2, 0.25) is 0 Å². The van der Waals surface area contributed by atoms with E-state index in [-0.39, 0.29) is 0 Å². The van der Waals surface area contributed by atoms with E-state index in [1.165, 1.54) is 17.2 Å². The number of nitrogens with one attached hydrogen (secondary N) is 1. The van der Waals surface area contributed by atoms with Gasteiger partial charge in [-0.1, -0.05) is 0 Å². The number of phosphoric acid groups is 1. The number of rotatable bonds is 28. The second-order valence-electron chi connectivity index (χ2n) is 9.80. The highest BCUT2D eigenvalue weighted by Crippen LogP contribution is 2.50. The van der Waals surface area contributed by atoms with E-state index in [0.29, 0.717) is 103 Å². The van der Waals surface area contributed by atoms with Crippen LogP contribution in [0.4, 0.5) is 5.82 Å². The number of aliphatic hydroxyl groups is 2. The zero-order chi connectivity index (χ0) is 33.7. The average molecular weight is 699 g/mol. The van der Waals surface area contributed by atoms with Crippen LogP contribution < -0.4 is 11.1 Å². The largest absolute Gasteiger partial charge is 0.529 e. The monoisotopic (exact) mass is 698 g/mol. The number of aromatic nitrogens is 4. The summed E-state index contributed by atoms with van der Waals surface area (Å²) in [6.07, 6.45) is -0.726. The van der Waals surface area contributed by atoms with Gasteiger partial charge in [0.25, 0.3) is 0 Å². The first kappa shape index (κ1) is 39.5. The molecule has 1 aliphatic rings. The summed E-state index contributed by atoms with van der Waals surface area (Å²) in [5.41, 5.74) is 6.18. The van der Waals surface area contributed by atoms with Crippen LogP contribution in [0, 0.1) is 0 Å². The minimum Gasteiger partial charge on any atom is -0.387 e. The molecule has 3 rings (SSSR count). The molecule has 47 heavy (non-hydrogen) atoms. The Labute approximate surface area is 272 Å². The Hall–Kier alpha value is -1.98. The van der Waals surface area contributed by atoms with Crippen molar-refractivity contribution in [2.75, 3.05) is 105 Å². The lowest BCUT2D eigenvalue weighted by Crippen LogP contribution is -2.33. The third-order valence-electron chi connectivity index (χ3n) is 6.44. The highest BCUT2D eigenvalue weighted by molar-refractivity contribution is 7.48. The summed E-state index contributed by atoms with van der Waals surface area (Å²) < 4.78 is 61.0. The molecule has 0 radical (unpaired) electrons. The number of nitrogens with zero attached hydrogens (tertiary/aromatic N) is 4. The first-order valence-corrected chi connectivity index (χ1v) is 16.6. The van der Waals surface area contributed by atoms with Crippen LogP contribution in [0.2, 0.25) is 0 Å². The van der Waals surface area contributed by atoms with E-state index in [0.717, 1.165) is 20.6 Å². The van der Waals surface area contributed by atoms with Gasteiger partial charge < -0.3 is 49.7 Å². The van der Waals surface area contributed by atoms with E-state index in [1.807, 2.05) is 0 Å². The fraction of sp³-hybridized carbons (Fsp3) is 0.808. The summed E-state index contributed by atoms with van der Waals surface area (Å²) in [6, 6.07) is 0. The van der Waals surface area contributed by atoms with Crippen molar-refractivity contribution in [3.8, 4) is 0 Å². The van der Waals surface area contributed by atoms with Crippen molar-refractivity contribution in [2.45, 2.75) is 37.4 Å². The van der Waals surface area contributed by atoms with E-state index >= 15 is 0 Å². The zero-order valence-electron chi connectivity index (χ0n) is 26.7. The quantitative estimate of drug-likeness (QED) is 0.0394. The van der Waals surface area contributed by atoms with Gasteiger partial charge in [-0.2, -0.15) is 0 Å². The second-order valence-corrected chi connectivity index (χ2v) is 11.3. The van der Waals surface area contributed by atoms with Crippen LogP contribution >= 0.6 is 7.82 Å². The number of ether oxygens (including phenoxy) is 6. The van der Waals surface area contributed by atoms with Crippen molar-refractivity contribution in [3.63, 3.8) is 0 Å². The van der Waals surface area contributed by atoms with Crippen molar-refractivity contribution >= 4 is 24.8 Å². The van der Waals surface area contributed by atoms with Crippen LogP contribution in [-0.2, 0) is 56.6 Å². The fourth-order valence-electron chi connectivity index (χ4n) is 4.22. The van der Waals surface area contributed by atoms with Crippen LogP contribution in [0.3, 0.4) is 0 Å². The molecule has 4 unspecified atom stereocenters. The van der Waals surface area contributed by atoms with E-state index < -0.39 is 39.0 Å². The summed E-state index contributed by atoms with van der Waals surface area (Å²) in [7, 11) is -2.08. The third-order valence-corrected chi connectivity index (χ3v) is 7.57. The van der Waals surface area contributed by atoms with Gasteiger partial charge in [-0.25, -0.2) is 29.3 Å². The van der Waals surface area contributed by atoms with Gasteiger partial charge >= 0.3 is 7.82 Å². The number of anilines is 1. The summed E-state index contributed by atoms with van der Waals surface area (Å²) in [5, 5.41) is 24.4. The molecule has 1 saturated heterocycles. The average Bonchev–Trinajstić information content (AvgIpc) is 3.62. The molecule has 0 saturated carbocycles. The Balaban J connectivity index is 1.29. The van der Waals surface area contributed by atoms with Crippen molar-refractivity contribution in [3.05, 3.63) is 12.7 Å². The van der Waals surface area contributed by atoms with Gasteiger partial charge in [0.1, 0.15) is 24.6 Å². The predicted molar refractivity (Wildman–Crippen MR) is 162 cm³/mol. The minimum atomic E-state index is -4.27. The number of fused-ring (bicyclic) bond motifs is 1. The Bertz CT molecular complexity index is 1160. The van der Waals surface area contributed by atoms with Gasteiger partial charge in [0, 0.05) is 19.8 Å². The minimum absolute atomic E-state index is 0.352. The normalized spacial score (nSPS) is 20.0. The highest BCUT2D eigenvalue weighted by Gasteiger charge is 2.46. The van der Waals surface area contributed by atoms with Crippen molar-refractivity contribution < 1.29 is 66.8 Å². The molecule has 5 N–H and O–H groups in total. The van der Waals surface area contributed by atoms with Gasteiger partial charge in [0.05, 0.1) is 80.0 Å². The lowest BCUT2D eigenvalue weighted by Gasteiger charge is -2.18. The van der Waals surface area contributed by atoms with Crippen LogP contribution in [0.1, 0.15) is 19.1 Å². The number of aliphatic hydroxyl groups excluding tert-OH is 2. The smallest absolute Gasteiger partial charge is 0.387 e. The van der Waals surface area contributed by atoms with Crippen LogP contribution in [0.25, 0.3) is 11.2 Å². The maximum Gasteiger partial charge on any atom is 0.529 e. The lowest BCUT2D eigenvalue weighted by atomic mass is 10.1. The molecule has 21 heteroatoms. The van der Waals surface area contributed by atoms with Crippen molar-refractivity contribution in [2.24, 2.45) is 5.73 Å². The molecule has 3 heterocycles. The molecule has 0 aliphatic carbocycles. The van der Waals surface area contributed by atoms with Crippen LogP contribution in [-0.4, -0.2) is 148 Å². The van der Waals surface area contributed by atoms with Gasteiger partial charge in [0.15, 0.2) is 23.2 Å². The molecule has 0 bridgehead atoms. The third kappa shape index (κ3) is 13.4. The molecule has 1 fully saturated rings. The summed E-state index contributed by atoms with van der Waals surface area (Å²) >= 11 is 0. The van der Waals surface area contributed by atoms with Crippen molar-refractivity contribution in [1.82, 2.24) is 19.5 Å². The molecular weight excluding hydrogens is 651 g/mol. The molecule has 1 aliphatic heterocycles. The Morgan fingerprint density at radius 1 is 0.851 bits per heavy atom. The summed E-state index contributed by atoms with van der Waals surface area (Å²) in [4.78, 5) is 21.6.